The lowest BCUT2D eigenvalue weighted by Crippen LogP contribution is -2.14. The maximum atomic E-state index is 12.7. The van der Waals surface area contributed by atoms with E-state index in [1.807, 2.05) is 91.0 Å². The van der Waals surface area contributed by atoms with Crippen LogP contribution in [0.4, 0.5) is 0 Å². The summed E-state index contributed by atoms with van der Waals surface area (Å²) in [6, 6.07) is 29.3. The van der Waals surface area contributed by atoms with E-state index in [2.05, 4.69) is 4.98 Å². The molecule has 1 aromatic heterocycles. The molecule has 0 radical (unpaired) electrons. The van der Waals surface area contributed by atoms with Gasteiger partial charge in [0.2, 0.25) is 0 Å². The van der Waals surface area contributed by atoms with Crippen LogP contribution in [0.2, 0.25) is 0 Å². The zero-order chi connectivity index (χ0) is 17.1. The Bertz CT molecular complexity index is 1040. The standard InChI is InChI=1S/C22H16N2O/c25-22-21(18-14-8-3-9-15-18)23-19(16-10-4-1-5-11-16)20(24-22)17-12-6-2-7-13-17/h1-15H,(H,24,25). The molecule has 3 nitrogen and oxygen atoms in total. The van der Waals surface area contributed by atoms with Gasteiger partial charge in [0.25, 0.3) is 5.56 Å². The van der Waals surface area contributed by atoms with Crippen LogP contribution in [-0.4, -0.2) is 9.97 Å². The summed E-state index contributed by atoms with van der Waals surface area (Å²) in [4.78, 5) is 20.5. The number of nitrogens with one attached hydrogen (secondary N) is 1. The van der Waals surface area contributed by atoms with Crippen molar-refractivity contribution in [1.82, 2.24) is 9.97 Å². The molecule has 0 spiro atoms. The SMILES string of the molecule is O=c1[nH]c(-c2ccccc2)c(-c2ccccc2)nc1-c1ccccc1. The van der Waals surface area contributed by atoms with Gasteiger partial charge in [-0.15, -0.1) is 0 Å². The Labute approximate surface area is 145 Å². The molecule has 0 unspecified atom stereocenters. The molecule has 1 N–H and O–H groups in total. The van der Waals surface area contributed by atoms with Gasteiger partial charge in [0.05, 0.1) is 11.4 Å². The van der Waals surface area contributed by atoms with Crippen LogP contribution in [0.25, 0.3) is 33.8 Å². The normalized spacial score (nSPS) is 10.6. The summed E-state index contributed by atoms with van der Waals surface area (Å²) in [6.07, 6.45) is 0. The van der Waals surface area contributed by atoms with E-state index < -0.39 is 0 Å². The lowest BCUT2D eigenvalue weighted by molar-refractivity contribution is 1.15. The molecule has 3 heteroatoms. The van der Waals surface area contributed by atoms with Crippen LogP contribution in [0.3, 0.4) is 0 Å². The second kappa shape index (κ2) is 6.57. The van der Waals surface area contributed by atoms with E-state index in [-0.39, 0.29) is 5.56 Å². The number of aromatic amines is 1. The molecule has 0 amide bonds. The first-order valence-corrected chi connectivity index (χ1v) is 8.13. The third kappa shape index (κ3) is 3.00. The van der Waals surface area contributed by atoms with Gasteiger partial charge in [-0.25, -0.2) is 4.98 Å². The van der Waals surface area contributed by atoms with Gasteiger partial charge < -0.3 is 4.98 Å². The van der Waals surface area contributed by atoms with Gasteiger partial charge in [-0.2, -0.15) is 0 Å². The predicted octanol–water partition coefficient (Wildman–Crippen LogP) is 4.77. The van der Waals surface area contributed by atoms with Gasteiger partial charge in [-0.3, -0.25) is 4.79 Å². The average molecular weight is 324 g/mol. The van der Waals surface area contributed by atoms with E-state index in [1.54, 1.807) is 0 Å². The fourth-order valence-corrected chi connectivity index (χ4v) is 2.86. The monoisotopic (exact) mass is 324 g/mol. The molecule has 0 atom stereocenters. The van der Waals surface area contributed by atoms with Gasteiger partial charge in [0.15, 0.2) is 0 Å². The molecule has 0 saturated carbocycles. The third-order valence-corrected chi connectivity index (χ3v) is 4.07. The van der Waals surface area contributed by atoms with E-state index in [4.69, 9.17) is 4.98 Å². The van der Waals surface area contributed by atoms with Crippen LogP contribution in [0.15, 0.2) is 95.8 Å². The molecule has 0 saturated heterocycles. The lowest BCUT2D eigenvalue weighted by atomic mass is 10.0. The molecule has 0 bridgehead atoms. The highest BCUT2D eigenvalue weighted by Crippen LogP contribution is 2.29. The minimum Gasteiger partial charge on any atom is -0.318 e. The number of H-pyrrole nitrogens is 1. The van der Waals surface area contributed by atoms with E-state index >= 15 is 0 Å². The maximum Gasteiger partial charge on any atom is 0.274 e. The van der Waals surface area contributed by atoms with Crippen molar-refractivity contribution < 1.29 is 0 Å². The quantitative estimate of drug-likeness (QED) is 0.590. The molecule has 0 fully saturated rings. The Hall–Kier alpha value is -3.46. The minimum absolute atomic E-state index is 0.190. The summed E-state index contributed by atoms with van der Waals surface area (Å²) in [5.74, 6) is 0. The molecule has 3 aromatic carbocycles. The van der Waals surface area contributed by atoms with Crippen LogP contribution in [0, 0.1) is 0 Å². The Kier molecular flexibility index (Phi) is 3.97. The Morgan fingerprint density at radius 2 is 1.00 bits per heavy atom. The highest BCUT2D eigenvalue weighted by Gasteiger charge is 2.14. The van der Waals surface area contributed by atoms with Crippen LogP contribution in [0.5, 0.6) is 0 Å². The summed E-state index contributed by atoms with van der Waals surface area (Å²) < 4.78 is 0. The zero-order valence-corrected chi connectivity index (χ0v) is 13.5. The summed E-state index contributed by atoms with van der Waals surface area (Å²) >= 11 is 0. The molecule has 0 aliphatic heterocycles. The minimum atomic E-state index is -0.190. The summed E-state index contributed by atoms with van der Waals surface area (Å²) in [5, 5.41) is 0. The van der Waals surface area contributed by atoms with Crippen molar-refractivity contribution in [3.63, 3.8) is 0 Å². The molecule has 120 valence electrons. The number of aromatic nitrogens is 2. The van der Waals surface area contributed by atoms with Crippen LogP contribution in [-0.2, 0) is 0 Å². The molecule has 1 heterocycles. The van der Waals surface area contributed by atoms with Gasteiger partial charge in [0.1, 0.15) is 5.69 Å². The largest absolute Gasteiger partial charge is 0.318 e. The highest BCUT2D eigenvalue weighted by molar-refractivity contribution is 5.79. The van der Waals surface area contributed by atoms with Gasteiger partial charge in [-0.1, -0.05) is 91.0 Å². The summed E-state index contributed by atoms with van der Waals surface area (Å²) in [5.41, 5.74) is 4.45. The maximum absolute atomic E-state index is 12.7. The first-order valence-electron chi connectivity index (χ1n) is 8.13. The van der Waals surface area contributed by atoms with Crippen LogP contribution >= 0.6 is 0 Å². The van der Waals surface area contributed by atoms with Crippen LogP contribution < -0.4 is 5.56 Å². The van der Waals surface area contributed by atoms with E-state index in [9.17, 15) is 4.79 Å². The van der Waals surface area contributed by atoms with Gasteiger partial charge in [0, 0.05) is 16.7 Å². The molecule has 0 aliphatic carbocycles. The number of hydrogen-bond donors (Lipinski definition) is 1. The Balaban J connectivity index is 2.00. The number of nitrogens with zero attached hydrogens (tertiary/aromatic N) is 1. The molecular formula is C22H16N2O. The van der Waals surface area contributed by atoms with E-state index in [0.29, 0.717) is 5.69 Å². The van der Waals surface area contributed by atoms with E-state index in [0.717, 1.165) is 28.1 Å². The molecule has 4 aromatic rings. The van der Waals surface area contributed by atoms with Crippen molar-refractivity contribution in [2.45, 2.75) is 0 Å². The van der Waals surface area contributed by atoms with Crippen molar-refractivity contribution >= 4 is 0 Å². The summed E-state index contributed by atoms with van der Waals surface area (Å²) in [7, 11) is 0. The first-order chi connectivity index (χ1) is 12.3. The summed E-state index contributed by atoms with van der Waals surface area (Å²) in [6.45, 7) is 0. The topological polar surface area (TPSA) is 45.8 Å². The smallest absolute Gasteiger partial charge is 0.274 e. The molecule has 25 heavy (non-hydrogen) atoms. The van der Waals surface area contributed by atoms with Crippen molar-refractivity contribution in [2.24, 2.45) is 0 Å². The van der Waals surface area contributed by atoms with Crippen molar-refractivity contribution in [3.05, 3.63) is 101 Å². The fraction of sp³-hybridized carbons (Fsp3) is 0. The van der Waals surface area contributed by atoms with Gasteiger partial charge >= 0.3 is 0 Å². The Morgan fingerprint density at radius 3 is 1.52 bits per heavy atom. The predicted molar refractivity (Wildman–Crippen MR) is 101 cm³/mol. The average Bonchev–Trinajstić information content (AvgIpc) is 2.70. The van der Waals surface area contributed by atoms with Crippen molar-refractivity contribution in [3.8, 4) is 33.8 Å². The second-order valence-electron chi connectivity index (χ2n) is 5.74. The Morgan fingerprint density at radius 1 is 0.560 bits per heavy atom. The zero-order valence-electron chi connectivity index (χ0n) is 13.5. The van der Waals surface area contributed by atoms with Crippen molar-refractivity contribution in [2.75, 3.05) is 0 Å². The second-order valence-corrected chi connectivity index (χ2v) is 5.74. The lowest BCUT2D eigenvalue weighted by Gasteiger charge is -2.11. The number of hydrogen-bond acceptors (Lipinski definition) is 2. The van der Waals surface area contributed by atoms with Crippen LogP contribution in [0.1, 0.15) is 0 Å². The molecular weight excluding hydrogens is 308 g/mol. The van der Waals surface area contributed by atoms with Crippen molar-refractivity contribution in [1.29, 1.82) is 0 Å². The molecule has 4 rings (SSSR count). The van der Waals surface area contributed by atoms with E-state index in [1.165, 1.54) is 0 Å². The number of rotatable bonds is 3. The number of benzene rings is 3. The first kappa shape index (κ1) is 15.1. The fourth-order valence-electron chi connectivity index (χ4n) is 2.86. The molecule has 0 aliphatic rings. The highest BCUT2D eigenvalue weighted by atomic mass is 16.1. The third-order valence-electron chi connectivity index (χ3n) is 4.07. The van der Waals surface area contributed by atoms with Gasteiger partial charge in [-0.05, 0) is 0 Å².